The monoisotopic (exact) mass is 628 g/mol. The largest absolute Gasteiger partial charge is 0.416 e. The first-order valence-electron chi connectivity index (χ1n) is 14.8. The molecule has 0 spiro atoms. The van der Waals surface area contributed by atoms with Gasteiger partial charge in [0.15, 0.2) is 0 Å². The van der Waals surface area contributed by atoms with Gasteiger partial charge in [-0.25, -0.2) is 4.39 Å². The van der Waals surface area contributed by atoms with Crippen LogP contribution in [-0.2, 0) is 26.2 Å². The van der Waals surface area contributed by atoms with Crippen LogP contribution in [0.15, 0.2) is 48.7 Å². The standard InChI is InChI=1S/C33H36F4N4O4/c1-31(2)18-41(26(16-28(43)40(3)4)19-5-7-21(8-6-19)33(35,36)37)14-13-32(31,45)24-10-11-25-23(29(24)34)15-20(17-38-25)22-9-12-27(42)39-30(22)44/h5-8,10-11,15,17,22,26,45H,9,12-14,16,18H2,1-4H3,(H,39,42,44)/t22?,26?,32-/m0/s1. The van der Waals surface area contributed by atoms with Gasteiger partial charge in [0.25, 0.3) is 0 Å². The summed E-state index contributed by atoms with van der Waals surface area (Å²) in [5, 5.41) is 14.6. The Kier molecular flexibility index (Phi) is 8.52. The SMILES string of the molecule is CN(C)C(=O)CC(c1ccc(C(F)(F)F)cc1)N1CC[C@](O)(c2ccc3ncc(C4CCC(=O)NC4=O)cc3c2F)C(C)(C)C1. The van der Waals surface area contributed by atoms with Gasteiger partial charge in [-0.2, -0.15) is 13.2 Å². The minimum absolute atomic E-state index is 0.00595. The molecule has 45 heavy (non-hydrogen) atoms. The summed E-state index contributed by atoms with van der Waals surface area (Å²) in [4.78, 5) is 44.6. The van der Waals surface area contributed by atoms with Crippen LogP contribution >= 0.6 is 0 Å². The molecule has 3 atom stereocenters. The van der Waals surface area contributed by atoms with Crippen molar-refractivity contribution in [1.29, 1.82) is 0 Å². The summed E-state index contributed by atoms with van der Waals surface area (Å²) in [5.41, 5.74) is -2.01. The number of amides is 3. The minimum Gasteiger partial charge on any atom is -0.384 e. The first kappa shape index (κ1) is 32.5. The number of nitrogens with one attached hydrogen (secondary N) is 1. The maximum atomic E-state index is 16.4. The third-order valence-electron chi connectivity index (χ3n) is 9.32. The number of imide groups is 1. The maximum Gasteiger partial charge on any atom is 0.416 e. The van der Waals surface area contributed by atoms with Gasteiger partial charge in [-0.05, 0) is 48.2 Å². The zero-order chi connectivity index (χ0) is 32.9. The number of hydrogen-bond donors (Lipinski definition) is 2. The van der Waals surface area contributed by atoms with Crippen LogP contribution in [0.25, 0.3) is 10.9 Å². The van der Waals surface area contributed by atoms with Crippen LogP contribution in [0.2, 0.25) is 0 Å². The van der Waals surface area contributed by atoms with Gasteiger partial charge in [0.05, 0.1) is 22.6 Å². The Morgan fingerprint density at radius 2 is 1.84 bits per heavy atom. The maximum absolute atomic E-state index is 16.4. The Bertz CT molecular complexity index is 1640. The van der Waals surface area contributed by atoms with Crippen molar-refractivity contribution < 1.29 is 37.1 Å². The lowest BCUT2D eigenvalue weighted by Gasteiger charge is -2.52. The summed E-state index contributed by atoms with van der Waals surface area (Å²) in [7, 11) is 3.21. The van der Waals surface area contributed by atoms with Gasteiger partial charge in [0.2, 0.25) is 17.7 Å². The molecule has 240 valence electrons. The number of pyridine rings is 1. The van der Waals surface area contributed by atoms with Gasteiger partial charge in [-0.15, -0.1) is 0 Å². The molecular weight excluding hydrogens is 592 g/mol. The molecule has 0 aliphatic carbocycles. The van der Waals surface area contributed by atoms with Crippen molar-refractivity contribution in [2.45, 2.75) is 63.3 Å². The predicted molar refractivity (Wildman–Crippen MR) is 158 cm³/mol. The molecule has 0 radical (unpaired) electrons. The lowest BCUT2D eigenvalue weighted by molar-refractivity contribution is -0.141. The molecule has 3 heterocycles. The number of carbonyl (C=O) groups excluding carboxylic acids is 3. The number of fused-ring (bicyclic) bond motifs is 1. The molecule has 3 aromatic rings. The summed E-state index contributed by atoms with van der Waals surface area (Å²) in [5.74, 6) is -2.36. The molecule has 2 unspecified atom stereocenters. The molecule has 8 nitrogen and oxygen atoms in total. The summed E-state index contributed by atoms with van der Waals surface area (Å²) >= 11 is 0. The molecule has 2 saturated heterocycles. The number of rotatable bonds is 6. The highest BCUT2D eigenvalue weighted by Crippen LogP contribution is 2.49. The van der Waals surface area contributed by atoms with E-state index in [1.54, 1.807) is 40.1 Å². The van der Waals surface area contributed by atoms with Crippen molar-refractivity contribution in [2.75, 3.05) is 27.2 Å². The highest BCUT2D eigenvalue weighted by atomic mass is 19.4. The topological polar surface area (TPSA) is 103 Å². The van der Waals surface area contributed by atoms with Gasteiger partial charge in [-0.1, -0.05) is 32.0 Å². The number of piperidine rings is 2. The van der Waals surface area contributed by atoms with Gasteiger partial charge >= 0.3 is 6.18 Å². The lowest BCUT2D eigenvalue weighted by atomic mass is 9.65. The van der Waals surface area contributed by atoms with Gasteiger partial charge < -0.3 is 10.0 Å². The van der Waals surface area contributed by atoms with Gasteiger partial charge in [0.1, 0.15) is 5.82 Å². The first-order valence-corrected chi connectivity index (χ1v) is 14.8. The van der Waals surface area contributed by atoms with Crippen molar-refractivity contribution in [2.24, 2.45) is 5.41 Å². The highest BCUT2D eigenvalue weighted by molar-refractivity contribution is 6.01. The molecule has 0 saturated carbocycles. The van der Waals surface area contributed by atoms with Crippen LogP contribution < -0.4 is 5.32 Å². The van der Waals surface area contributed by atoms with Crippen molar-refractivity contribution in [3.05, 3.63) is 76.7 Å². The second-order valence-corrected chi connectivity index (χ2v) is 12.9. The summed E-state index contributed by atoms with van der Waals surface area (Å²) in [6, 6.07) is 8.83. The molecule has 5 rings (SSSR count). The second-order valence-electron chi connectivity index (χ2n) is 12.9. The van der Waals surface area contributed by atoms with Crippen LogP contribution in [0.3, 0.4) is 0 Å². The van der Waals surface area contributed by atoms with Crippen LogP contribution in [0, 0.1) is 11.2 Å². The van der Waals surface area contributed by atoms with E-state index in [1.165, 1.54) is 29.3 Å². The predicted octanol–water partition coefficient (Wildman–Crippen LogP) is 5.05. The van der Waals surface area contributed by atoms with E-state index < -0.39 is 46.4 Å². The quantitative estimate of drug-likeness (QED) is 0.293. The Balaban J connectivity index is 1.47. The Morgan fingerprint density at radius 3 is 2.44 bits per heavy atom. The Morgan fingerprint density at radius 1 is 1.16 bits per heavy atom. The summed E-state index contributed by atoms with van der Waals surface area (Å²) in [6.45, 7) is 4.02. The Labute approximate surface area is 258 Å². The van der Waals surface area contributed by atoms with Crippen molar-refractivity contribution >= 4 is 28.6 Å². The number of halogens is 4. The van der Waals surface area contributed by atoms with E-state index in [2.05, 4.69) is 10.3 Å². The van der Waals surface area contributed by atoms with Gasteiger partial charge in [0, 0.05) is 68.6 Å². The van der Waals surface area contributed by atoms with E-state index in [0.29, 0.717) is 16.6 Å². The number of carbonyl (C=O) groups is 3. The molecule has 0 bridgehead atoms. The highest BCUT2D eigenvalue weighted by Gasteiger charge is 2.51. The minimum atomic E-state index is -4.50. The first-order chi connectivity index (χ1) is 21.0. The third-order valence-corrected chi connectivity index (χ3v) is 9.32. The van der Waals surface area contributed by atoms with E-state index in [4.69, 9.17) is 0 Å². The fraction of sp³-hybridized carbons (Fsp3) is 0.455. The van der Waals surface area contributed by atoms with Crippen molar-refractivity contribution in [3.8, 4) is 0 Å². The van der Waals surface area contributed by atoms with E-state index >= 15 is 4.39 Å². The molecule has 2 aliphatic rings. The second kappa shape index (κ2) is 11.8. The number of benzene rings is 2. The number of alkyl halides is 3. The molecule has 12 heteroatoms. The number of aliphatic hydroxyl groups is 1. The van der Waals surface area contributed by atoms with Crippen molar-refractivity contribution in [3.63, 3.8) is 0 Å². The van der Waals surface area contributed by atoms with E-state index in [-0.39, 0.29) is 61.5 Å². The zero-order valence-electron chi connectivity index (χ0n) is 25.5. The number of likely N-dealkylation sites (tertiary alicyclic amines) is 1. The molecule has 1 aromatic heterocycles. The average Bonchev–Trinajstić information content (AvgIpc) is 2.97. The molecule has 3 amide bonds. The summed E-state index contributed by atoms with van der Waals surface area (Å²) < 4.78 is 56.1. The van der Waals surface area contributed by atoms with Crippen LogP contribution in [0.5, 0.6) is 0 Å². The fourth-order valence-electron chi connectivity index (χ4n) is 6.53. The van der Waals surface area contributed by atoms with E-state index in [1.807, 2.05) is 4.90 Å². The van der Waals surface area contributed by atoms with E-state index in [9.17, 15) is 32.7 Å². The average molecular weight is 629 g/mol. The smallest absolute Gasteiger partial charge is 0.384 e. The van der Waals surface area contributed by atoms with Crippen molar-refractivity contribution in [1.82, 2.24) is 20.1 Å². The molecule has 2 fully saturated rings. The molecule has 2 aliphatic heterocycles. The summed E-state index contributed by atoms with van der Waals surface area (Å²) in [6.07, 6.45) is -2.48. The van der Waals surface area contributed by atoms with E-state index in [0.717, 1.165) is 12.1 Å². The normalized spacial score (nSPS) is 23.1. The van der Waals surface area contributed by atoms with Crippen LogP contribution in [0.1, 0.15) is 73.7 Å². The van der Waals surface area contributed by atoms with Crippen LogP contribution in [0.4, 0.5) is 17.6 Å². The van der Waals surface area contributed by atoms with Crippen LogP contribution in [-0.4, -0.2) is 64.8 Å². The molecule has 2 aromatic carbocycles. The number of hydrogen-bond acceptors (Lipinski definition) is 6. The fourth-order valence-corrected chi connectivity index (χ4v) is 6.53. The number of aromatic nitrogens is 1. The van der Waals surface area contributed by atoms with Gasteiger partial charge in [-0.3, -0.25) is 29.6 Å². The number of nitrogens with zero attached hydrogens (tertiary/aromatic N) is 3. The Hall–Kier alpha value is -3.90. The lowest BCUT2D eigenvalue weighted by Crippen LogP contribution is -2.56. The zero-order valence-corrected chi connectivity index (χ0v) is 25.5. The molecular formula is C33H36F4N4O4. The molecule has 2 N–H and O–H groups in total. The third kappa shape index (κ3) is 6.17.